The molecule has 0 saturated carbocycles. The van der Waals surface area contributed by atoms with Gasteiger partial charge in [0.25, 0.3) is 5.91 Å². The van der Waals surface area contributed by atoms with E-state index in [1.807, 2.05) is 18.2 Å². The second-order valence-corrected chi connectivity index (χ2v) is 7.56. The van der Waals surface area contributed by atoms with Crippen molar-refractivity contribution in [1.82, 2.24) is 20.5 Å². The molecule has 0 spiro atoms. The number of rotatable bonds is 5. The van der Waals surface area contributed by atoms with Crippen LogP contribution >= 0.6 is 11.6 Å². The molecule has 3 aromatic rings. The number of amides is 1. The predicted octanol–water partition coefficient (Wildman–Crippen LogP) is 3.91. The summed E-state index contributed by atoms with van der Waals surface area (Å²) in [5.41, 5.74) is 2.32. The number of carbonyl (C=O) groups excluding carboxylic acids is 1. The third-order valence-corrected chi connectivity index (χ3v) is 5.50. The Bertz CT molecular complexity index is 986. The molecule has 150 valence electrons. The van der Waals surface area contributed by atoms with Crippen LogP contribution in [-0.2, 0) is 0 Å². The quantitative estimate of drug-likeness (QED) is 0.665. The lowest BCUT2D eigenvalue weighted by molar-refractivity contribution is 0.0945. The molecule has 0 aliphatic carbocycles. The summed E-state index contributed by atoms with van der Waals surface area (Å²) < 4.78 is 13.2. The van der Waals surface area contributed by atoms with Gasteiger partial charge in [0.15, 0.2) is 5.82 Å². The Morgan fingerprint density at radius 1 is 1.28 bits per heavy atom. The number of aromatic amines is 1. The number of halogens is 2. The molecule has 0 radical (unpaired) electrons. The van der Waals surface area contributed by atoms with E-state index in [0.717, 1.165) is 43.0 Å². The zero-order valence-corrected chi connectivity index (χ0v) is 16.5. The Kier molecular flexibility index (Phi) is 5.76. The highest BCUT2D eigenvalue weighted by molar-refractivity contribution is 6.31. The van der Waals surface area contributed by atoms with E-state index in [1.54, 1.807) is 12.4 Å². The van der Waals surface area contributed by atoms with Crippen LogP contribution in [0.4, 0.5) is 10.2 Å². The predicted molar refractivity (Wildman–Crippen MR) is 110 cm³/mol. The van der Waals surface area contributed by atoms with Gasteiger partial charge < -0.3 is 10.2 Å². The first-order valence-electron chi connectivity index (χ1n) is 9.54. The zero-order chi connectivity index (χ0) is 20.2. The average Bonchev–Trinajstić information content (AvgIpc) is 3.25. The third kappa shape index (κ3) is 4.56. The molecule has 1 saturated heterocycles. The lowest BCUT2D eigenvalue weighted by atomic mass is 9.96. The minimum atomic E-state index is -0.527. The third-order valence-electron chi connectivity index (χ3n) is 5.21. The van der Waals surface area contributed by atoms with Gasteiger partial charge in [0, 0.05) is 49.2 Å². The van der Waals surface area contributed by atoms with E-state index in [1.165, 1.54) is 18.2 Å². The maximum Gasteiger partial charge on any atom is 0.251 e. The molecule has 1 aromatic carbocycles. The van der Waals surface area contributed by atoms with E-state index in [-0.39, 0.29) is 10.9 Å². The minimum absolute atomic E-state index is 0.0457. The molecule has 0 unspecified atom stereocenters. The monoisotopic (exact) mass is 413 g/mol. The summed E-state index contributed by atoms with van der Waals surface area (Å²) in [6.07, 6.45) is 5.47. The molecule has 1 aliphatic heterocycles. The summed E-state index contributed by atoms with van der Waals surface area (Å²) in [6.45, 7) is 2.34. The number of H-pyrrole nitrogens is 1. The second kappa shape index (κ2) is 8.61. The summed E-state index contributed by atoms with van der Waals surface area (Å²) in [5, 5.41) is 10.4. The van der Waals surface area contributed by atoms with Crippen molar-refractivity contribution in [2.75, 3.05) is 24.5 Å². The molecule has 6 nitrogen and oxygen atoms in total. The number of benzene rings is 1. The van der Waals surface area contributed by atoms with Crippen LogP contribution in [0.15, 0.2) is 48.8 Å². The van der Waals surface area contributed by atoms with Crippen LogP contribution in [0.2, 0.25) is 5.02 Å². The van der Waals surface area contributed by atoms with Gasteiger partial charge in [-0.05, 0) is 49.1 Å². The van der Waals surface area contributed by atoms with Gasteiger partial charge in [0.1, 0.15) is 5.82 Å². The van der Waals surface area contributed by atoms with Crippen molar-refractivity contribution in [2.24, 2.45) is 5.92 Å². The summed E-state index contributed by atoms with van der Waals surface area (Å²) in [5.74, 6) is 0.554. The van der Waals surface area contributed by atoms with E-state index in [4.69, 9.17) is 11.6 Å². The normalized spacial score (nSPS) is 14.8. The molecule has 4 rings (SSSR count). The molecule has 0 atom stereocenters. The lowest BCUT2D eigenvalue weighted by Crippen LogP contribution is -2.38. The SMILES string of the molecule is O=C(NCC1CCN(c2cc(-c3cccnc3)[nH]n2)CC1)c1ccc(F)c(Cl)c1. The Morgan fingerprint density at radius 3 is 2.83 bits per heavy atom. The topological polar surface area (TPSA) is 73.9 Å². The van der Waals surface area contributed by atoms with Crippen molar-refractivity contribution in [3.8, 4) is 11.3 Å². The van der Waals surface area contributed by atoms with E-state index in [0.29, 0.717) is 18.0 Å². The van der Waals surface area contributed by atoms with E-state index >= 15 is 0 Å². The van der Waals surface area contributed by atoms with Gasteiger partial charge in [-0.15, -0.1) is 0 Å². The van der Waals surface area contributed by atoms with Crippen LogP contribution in [0.1, 0.15) is 23.2 Å². The van der Waals surface area contributed by atoms with Crippen molar-refractivity contribution in [1.29, 1.82) is 0 Å². The van der Waals surface area contributed by atoms with E-state index in [9.17, 15) is 9.18 Å². The van der Waals surface area contributed by atoms with Gasteiger partial charge in [-0.2, -0.15) is 5.10 Å². The van der Waals surface area contributed by atoms with Crippen LogP contribution in [0, 0.1) is 11.7 Å². The summed E-state index contributed by atoms with van der Waals surface area (Å²) in [4.78, 5) is 18.6. The first kappa shape index (κ1) is 19.4. The number of nitrogens with zero attached hydrogens (tertiary/aromatic N) is 3. The number of anilines is 1. The molecule has 1 aliphatic rings. The van der Waals surface area contributed by atoms with E-state index in [2.05, 4.69) is 25.4 Å². The zero-order valence-electron chi connectivity index (χ0n) is 15.7. The molecule has 1 fully saturated rings. The standard InChI is InChI=1S/C21H21ClFN5O/c22-17-10-15(3-4-18(17)23)21(29)25-12-14-5-8-28(9-6-14)20-11-19(26-27-20)16-2-1-7-24-13-16/h1-4,7,10-11,13-14H,5-6,8-9,12H2,(H,25,29)(H,26,27). The number of carbonyl (C=O) groups is 1. The highest BCUT2D eigenvalue weighted by atomic mass is 35.5. The maximum atomic E-state index is 13.2. The Labute approximate surface area is 173 Å². The first-order valence-corrected chi connectivity index (χ1v) is 9.92. The Balaban J connectivity index is 1.28. The molecule has 2 N–H and O–H groups in total. The van der Waals surface area contributed by atoms with Gasteiger partial charge in [-0.1, -0.05) is 11.6 Å². The van der Waals surface area contributed by atoms with Crippen molar-refractivity contribution >= 4 is 23.3 Å². The number of hydrogen-bond donors (Lipinski definition) is 2. The molecular formula is C21H21ClFN5O. The van der Waals surface area contributed by atoms with Crippen LogP contribution in [0.25, 0.3) is 11.3 Å². The molecule has 3 heterocycles. The number of aromatic nitrogens is 3. The van der Waals surface area contributed by atoms with Crippen LogP contribution in [0.3, 0.4) is 0 Å². The number of hydrogen-bond acceptors (Lipinski definition) is 4. The fraction of sp³-hybridized carbons (Fsp3) is 0.286. The first-order chi connectivity index (χ1) is 14.1. The largest absolute Gasteiger partial charge is 0.355 e. The average molecular weight is 414 g/mol. The van der Waals surface area contributed by atoms with Crippen molar-refractivity contribution < 1.29 is 9.18 Å². The minimum Gasteiger partial charge on any atom is -0.355 e. The Morgan fingerprint density at radius 2 is 2.10 bits per heavy atom. The molecule has 1 amide bonds. The van der Waals surface area contributed by atoms with Crippen LogP contribution < -0.4 is 10.2 Å². The highest BCUT2D eigenvalue weighted by Gasteiger charge is 2.22. The molecule has 0 bridgehead atoms. The number of nitrogens with one attached hydrogen (secondary N) is 2. The van der Waals surface area contributed by atoms with Crippen molar-refractivity contribution in [3.05, 3.63) is 65.2 Å². The second-order valence-electron chi connectivity index (χ2n) is 7.15. The lowest BCUT2D eigenvalue weighted by Gasteiger charge is -2.32. The van der Waals surface area contributed by atoms with Crippen LogP contribution in [-0.4, -0.2) is 40.7 Å². The van der Waals surface area contributed by atoms with Gasteiger partial charge in [-0.25, -0.2) is 4.39 Å². The Hall–Kier alpha value is -2.93. The fourth-order valence-corrected chi connectivity index (χ4v) is 3.67. The number of pyridine rings is 1. The summed E-state index contributed by atoms with van der Waals surface area (Å²) >= 11 is 5.75. The van der Waals surface area contributed by atoms with Gasteiger partial charge in [0.2, 0.25) is 0 Å². The van der Waals surface area contributed by atoms with Gasteiger partial charge in [0.05, 0.1) is 10.7 Å². The van der Waals surface area contributed by atoms with Gasteiger partial charge in [-0.3, -0.25) is 14.9 Å². The van der Waals surface area contributed by atoms with E-state index < -0.39 is 5.82 Å². The van der Waals surface area contributed by atoms with Crippen molar-refractivity contribution in [3.63, 3.8) is 0 Å². The fourth-order valence-electron chi connectivity index (χ4n) is 3.49. The van der Waals surface area contributed by atoms with Crippen molar-refractivity contribution in [2.45, 2.75) is 12.8 Å². The summed E-state index contributed by atoms with van der Waals surface area (Å²) in [7, 11) is 0. The summed E-state index contributed by atoms with van der Waals surface area (Å²) in [6, 6.07) is 9.93. The molecule has 8 heteroatoms. The highest BCUT2D eigenvalue weighted by Crippen LogP contribution is 2.25. The molecule has 29 heavy (non-hydrogen) atoms. The smallest absolute Gasteiger partial charge is 0.251 e. The van der Waals surface area contributed by atoms with Crippen LogP contribution in [0.5, 0.6) is 0 Å². The molecule has 2 aromatic heterocycles. The molecular weight excluding hydrogens is 393 g/mol. The van der Waals surface area contributed by atoms with Gasteiger partial charge >= 0.3 is 0 Å². The maximum absolute atomic E-state index is 13.2. The number of piperidine rings is 1.